The monoisotopic (exact) mass is 217 g/mol. The maximum Gasteiger partial charge on any atom is 0.163 e. The van der Waals surface area contributed by atoms with E-state index >= 15 is 0 Å². The van der Waals surface area contributed by atoms with E-state index < -0.39 is 0 Å². The SMILES string of the molecule is CCCCCCCCC(=O)c1[c]cccc1. The highest BCUT2D eigenvalue weighted by Gasteiger charge is 2.04. The quantitative estimate of drug-likeness (QED) is 0.465. The van der Waals surface area contributed by atoms with Gasteiger partial charge in [0.2, 0.25) is 0 Å². The minimum absolute atomic E-state index is 0.232. The lowest BCUT2D eigenvalue weighted by atomic mass is 10.0. The highest BCUT2D eigenvalue weighted by molar-refractivity contribution is 5.95. The van der Waals surface area contributed by atoms with Crippen molar-refractivity contribution in [3.05, 3.63) is 35.9 Å². The zero-order valence-corrected chi connectivity index (χ0v) is 10.2. The minimum atomic E-state index is 0.232. The predicted molar refractivity (Wildman–Crippen MR) is 67.6 cm³/mol. The van der Waals surface area contributed by atoms with E-state index in [9.17, 15) is 4.79 Å². The van der Waals surface area contributed by atoms with Crippen LogP contribution in [0.2, 0.25) is 0 Å². The fourth-order valence-corrected chi connectivity index (χ4v) is 1.77. The van der Waals surface area contributed by atoms with Crippen LogP contribution in [0.5, 0.6) is 0 Å². The standard InChI is InChI=1S/C15H21O/c1-2-3-4-5-6-10-13-15(16)14-11-8-7-9-12-14/h7-9,11H,2-6,10,13H2,1H3. The van der Waals surface area contributed by atoms with Gasteiger partial charge in [0, 0.05) is 12.0 Å². The van der Waals surface area contributed by atoms with Crippen molar-refractivity contribution < 1.29 is 4.79 Å². The lowest BCUT2D eigenvalue weighted by molar-refractivity contribution is 0.0979. The Morgan fingerprint density at radius 1 is 1.12 bits per heavy atom. The molecule has 87 valence electrons. The van der Waals surface area contributed by atoms with Gasteiger partial charge in [-0.1, -0.05) is 63.3 Å². The minimum Gasteiger partial charge on any atom is -0.294 e. The number of carbonyl (C=O) groups is 1. The van der Waals surface area contributed by atoms with Gasteiger partial charge in [0.15, 0.2) is 5.78 Å². The summed E-state index contributed by atoms with van der Waals surface area (Å²) in [5, 5.41) is 0. The molecule has 0 aliphatic rings. The Kier molecular flexibility index (Phi) is 6.55. The van der Waals surface area contributed by atoms with Gasteiger partial charge >= 0.3 is 0 Å². The van der Waals surface area contributed by atoms with Gasteiger partial charge in [-0.05, 0) is 12.5 Å². The largest absolute Gasteiger partial charge is 0.294 e. The molecule has 16 heavy (non-hydrogen) atoms. The molecular weight excluding hydrogens is 196 g/mol. The summed E-state index contributed by atoms with van der Waals surface area (Å²) in [7, 11) is 0. The molecule has 0 N–H and O–H groups in total. The zero-order chi connectivity index (χ0) is 11.6. The van der Waals surface area contributed by atoms with Crippen molar-refractivity contribution in [1.29, 1.82) is 0 Å². The molecule has 0 saturated heterocycles. The van der Waals surface area contributed by atoms with Crippen LogP contribution in [0.1, 0.15) is 62.2 Å². The Bertz CT molecular complexity index is 290. The molecule has 0 spiro atoms. The van der Waals surface area contributed by atoms with Gasteiger partial charge in [-0.3, -0.25) is 4.79 Å². The van der Waals surface area contributed by atoms with E-state index in [1.165, 1.54) is 32.1 Å². The summed E-state index contributed by atoms with van der Waals surface area (Å²) in [6, 6.07) is 10.4. The summed E-state index contributed by atoms with van der Waals surface area (Å²) in [6.07, 6.45) is 8.04. The van der Waals surface area contributed by atoms with Gasteiger partial charge < -0.3 is 0 Å². The third-order valence-corrected chi connectivity index (χ3v) is 2.77. The van der Waals surface area contributed by atoms with Gasteiger partial charge in [-0.2, -0.15) is 0 Å². The topological polar surface area (TPSA) is 17.1 Å². The highest BCUT2D eigenvalue weighted by Crippen LogP contribution is 2.10. The molecule has 0 atom stereocenters. The Morgan fingerprint density at radius 3 is 2.56 bits per heavy atom. The lowest BCUT2D eigenvalue weighted by Gasteiger charge is -2.01. The molecule has 0 amide bonds. The van der Waals surface area contributed by atoms with Crippen LogP contribution >= 0.6 is 0 Å². The molecule has 0 fully saturated rings. The Morgan fingerprint density at radius 2 is 1.88 bits per heavy atom. The van der Waals surface area contributed by atoms with Crippen LogP contribution in [0.3, 0.4) is 0 Å². The molecule has 1 rings (SSSR count). The Hall–Kier alpha value is -1.11. The smallest absolute Gasteiger partial charge is 0.163 e. The van der Waals surface area contributed by atoms with Gasteiger partial charge in [0.1, 0.15) is 0 Å². The summed E-state index contributed by atoms with van der Waals surface area (Å²) in [5.41, 5.74) is 0.732. The summed E-state index contributed by atoms with van der Waals surface area (Å²) < 4.78 is 0. The molecule has 0 aliphatic heterocycles. The molecule has 0 bridgehead atoms. The number of ketones is 1. The average molecular weight is 217 g/mol. The molecule has 1 aromatic rings. The first kappa shape index (κ1) is 13.0. The van der Waals surface area contributed by atoms with Crippen molar-refractivity contribution in [3.8, 4) is 0 Å². The van der Waals surface area contributed by atoms with Crippen molar-refractivity contribution in [2.75, 3.05) is 0 Å². The average Bonchev–Trinajstić information content (AvgIpc) is 2.34. The van der Waals surface area contributed by atoms with E-state index in [0.717, 1.165) is 12.0 Å². The van der Waals surface area contributed by atoms with Gasteiger partial charge in [0.25, 0.3) is 0 Å². The van der Waals surface area contributed by atoms with Crippen molar-refractivity contribution >= 4 is 5.78 Å². The molecular formula is C15H21O. The van der Waals surface area contributed by atoms with Crippen LogP contribution in [-0.2, 0) is 0 Å². The summed E-state index contributed by atoms with van der Waals surface area (Å²) >= 11 is 0. The van der Waals surface area contributed by atoms with Crippen molar-refractivity contribution in [3.63, 3.8) is 0 Å². The molecule has 0 heterocycles. The number of hydrogen-bond acceptors (Lipinski definition) is 1. The number of carbonyl (C=O) groups excluding carboxylic acids is 1. The molecule has 0 unspecified atom stereocenters. The van der Waals surface area contributed by atoms with Crippen LogP contribution in [0.15, 0.2) is 24.3 Å². The van der Waals surface area contributed by atoms with E-state index in [2.05, 4.69) is 13.0 Å². The predicted octanol–water partition coefficient (Wildman–Crippen LogP) is 4.42. The first-order valence-corrected chi connectivity index (χ1v) is 6.34. The number of Topliss-reactive ketones (excluding diaryl/α,β-unsaturated/α-hetero) is 1. The summed E-state index contributed by atoms with van der Waals surface area (Å²) in [4.78, 5) is 11.7. The number of rotatable bonds is 8. The number of unbranched alkanes of at least 4 members (excludes halogenated alkanes) is 5. The maximum absolute atomic E-state index is 11.7. The normalized spacial score (nSPS) is 10.3. The third-order valence-electron chi connectivity index (χ3n) is 2.77. The second-order valence-corrected chi connectivity index (χ2v) is 4.22. The second kappa shape index (κ2) is 8.09. The van der Waals surface area contributed by atoms with Gasteiger partial charge in [-0.15, -0.1) is 0 Å². The summed E-state index contributed by atoms with van der Waals surface area (Å²) in [5.74, 6) is 0.232. The molecule has 0 saturated carbocycles. The summed E-state index contributed by atoms with van der Waals surface area (Å²) in [6.45, 7) is 2.22. The molecule has 1 aromatic carbocycles. The molecule has 1 radical (unpaired) electrons. The first-order valence-electron chi connectivity index (χ1n) is 6.34. The molecule has 0 aliphatic carbocycles. The Balaban J connectivity index is 2.12. The molecule has 1 nitrogen and oxygen atoms in total. The van der Waals surface area contributed by atoms with Crippen molar-refractivity contribution in [2.45, 2.75) is 51.9 Å². The Labute approximate surface area is 98.9 Å². The van der Waals surface area contributed by atoms with E-state index in [1.54, 1.807) is 6.07 Å². The van der Waals surface area contributed by atoms with Crippen molar-refractivity contribution in [1.82, 2.24) is 0 Å². The fourth-order valence-electron chi connectivity index (χ4n) is 1.77. The zero-order valence-electron chi connectivity index (χ0n) is 10.2. The van der Waals surface area contributed by atoms with E-state index in [4.69, 9.17) is 0 Å². The molecule has 0 aromatic heterocycles. The molecule has 1 heteroatoms. The van der Waals surface area contributed by atoms with Crippen LogP contribution in [0, 0.1) is 6.07 Å². The van der Waals surface area contributed by atoms with Crippen molar-refractivity contribution in [2.24, 2.45) is 0 Å². The van der Waals surface area contributed by atoms with Gasteiger partial charge in [-0.25, -0.2) is 0 Å². The lowest BCUT2D eigenvalue weighted by Crippen LogP contribution is -1.98. The first-order chi connectivity index (χ1) is 7.84. The third kappa shape index (κ3) is 5.11. The van der Waals surface area contributed by atoms with Crippen LogP contribution in [0.4, 0.5) is 0 Å². The van der Waals surface area contributed by atoms with Crippen LogP contribution in [-0.4, -0.2) is 5.78 Å². The van der Waals surface area contributed by atoms with Crippen LogP contribution in [0.25, 0.3) is 0 Å². The van der Waals surface area contributed by atoms with Gasteiger partial charge in [0.05, 0.1) is 0 Å². The van der Waals surface area contributed by atoms with E-state index in [0.29, 0.717) is 6.42 Å². The van der Waals surface area contributed by atoms with E-state index in [1.807, 2.05) is 18.2 Å². The maximum atomic E-state index is 11.7. The number of benzene rings is 1. The fraction of sp³-hybridized carbons (Fsp3) is 0.533. The van der Waals surface area contributed by atoms with E-state index in [-0.39, 0.29) is 5.78 Å². The second-order valence-electron chi connectivity index (χ2n) is 4.22. The highest BCUT2D eigenvalue weighted by atomic mass is 16.1. The number of hydrogen-bond donors (Lipinski definition) is 0. The van der Waals surface area contributed by atoms with Crippen LogP contribution < -0.4 is 0 Å².